The number of fused-ring (bicyclic) bond motifs is 1. The molecule has 2 aromatic heterocycles. The first kappa shape index (κ1) is 21.7. The van der Waals surface area contributed by atoms with E-state index in [2.05, 4.69) is 28.1 Å². The van der Waals surface area contributed by atoms with Crippen LogP contribution < -0.4 is 4.74 Å². The van der Waals surface area contributed by atoms with Gasteiger partial charge in [-0.3, -0.25) is 9.48 Å². The lowest BCUT2D eigenvalue weighted by atomic mass is 9.78. The van der Waals surface area contributed by atoms with Gasteiger partial charge in [-0.05, 0) is 50.0 Å². The zero-order valence-electron chi connectivity index (χ0n) is 19.5. The van der Waals surface area contributed by atoms with Crippen LogP contribution in [0.15, 0.2) is 23.0 Å². The Balaban J connectivity index is 0.995. The average molecular weight is 441 g/mol. The van der Waals surface area contributed by atoms with Gasteiger partial charge < -0.3 is 14.2 Å². The minimum Gasteiger partial charge on any atom is -0.483 e. The number of ketones is 1. The molecule has 7 heteroatoms. The SMILES string of the molecule is CCc1cc([C@]23C[C@H]2CN(CCC2CCC(CC(=O)COc4cnn(C)c4)CC2)C3)no1. The Morgan fingerprint density at radius 3 is 2.81 bits per heavy atom. The fourth-order valence-corrected chi connectivity index (χ4v) is 5.98. The predicted octanol–water partition coefficient (Wildman–Crippen LogP) is 3.78. The lowest BCUT2D eigenvalue weighted by Crippen LogP contribution is -2.29. The number of aryl methyl sites for hydroxylation is 2. The molecular formula is C25H36N4O3. The molecule has 2 atom stereocenters. The predicted molar refractivity (Wildman–Crippen MR) is 120 cm³/mol. The van der Waals surface area contributed by atoms with Crippen molar-refractivity contribution in [2.75, 3.05) is 26.2 Å². The molecule has 0 N–H and O–H groups in total. The summed E-state index contributed by atoms with van der Waals surface area (Å²) in [5, 5.41) is 8.45. The van der Waals surface area contributed by atoms with Crippen molar-refractivity contribution >= 4 is 5.78 Å². The summed E-state index contributed by atoms with van der Waals surface area (Å²) >= 11 is 0. The third kappa shape index (κ3) is 4.63. The van der Waals surface area contributed by atoms with Gasteiger partial charge in [0.15, 0.2) is 11.5 Å². The summed E-state index contributed by atoms with van der Waals surface area (Å²) < 4.78 is 12.7. The van der Waals surface area contributed by atoms with Crippen molar-refractivity contribution in [2.24, 2.45) is 24.8 Å². The van der Waals surface area contributed by atoms with Gasteiger partial charge in [-0.15, -0.1) is 0 Å². The third-order valence-electron chi connectivity index (χ3n) is 8.05. The standard InChI is InChI=1S/C25H36N4O3/c1-3-22-11-24(27-32-22)25-12-20(25)14-29(17-25)9-8-18-4-6-19(7-5-18)10-21(30)16-31-23-13-26-28(2)15-23/h11,13,15,18-20H,3-10,12,14,16-17H2,1-2H3/t18?,19?,20-,25-/m0/s1. The molecule has 174 valence electrons. The zero-order valence-corrected chi connectivity index (χ0v) is 19.5. The molecule has 0 amide bonds. The van der Waals surface area contributed by atoms with Crippen LogP contribution in [0.4, 0.5) is 0 Å². The fraction of sp³-hybridized carbons (Fsp3) is 0.720. The maximum atomic E-state index is 12.3. The highest BCUT2D eigenvalue weighted by atomic mass is 16.5. The number of carbonyl (C=O) groups is 1. The number of likely N-dealkylation sites (tertiary alicyclic amines) is 1. The van der Waals surface area contributed by atoms with Crippen LogP contribution in [-0.4, -0.2) is 51.9 Å². The van der Waals surface area contributed by atoms with E-state index >= 15 is 0 Å². The van der Waals surface area contributed by atoms with Crippen LogP contribution >= 0.6 is 0 Å². The Hall–Kier alpha value is -2.15. The second kappa shape index (κ2) is 9.00. The fourth-order valence-electron chi connectivity index (χ4n) is 5.98. The van der Waals surface area contributed by atoms with Crippen LogP contribution in [0.25, 0.3) is 0 Å². The molecule has 7 nitrogen and oxygen atoms in total. The van der Waals surface area contributed by atoms with E-state index in [9.17, 15) is 4.79 Å². The van der Waals surface area contributed by atoms with E-state index < -0.39 is 0 Å². The molecule has 3 heterocycles. The van der Waals surface area contributed by atoms with Gasteiger partial charge in [0.2, 0.25) is 0 Å². The van der Waals surface area contributed by atoms with Crippen LogP contribution in [0, 0.1) is 17.8 Å². The van der Waals surface area contributed by atoms with Crippen LogP contribution in [0.3, 0.4) is 0 Å². The Bertz CT molecular complexity index is 929. The first-order chi connectivity index (χ1) is 15.5. The molecule has 0 radical (unpaired) electrons. The molecule has 5 rings (SSSR count). The molecule has 0 aromatic carbocycles. The van der Waals surface area contributed by atoms with Crippen LogP contribution in [-0.2, 0) is 23.7 Å². The number of rotatable bonds is 10. The molecule has 3 fully saturated rings. The minimum absolute atomic E-state index is 0.161. The number of piperidine rings is 1. The van der Waals surface area contributed by atoms with Crippen LogP contribution in [0.1, 0.15) is 63.3 Å². The van der Waals surface area contributed by atoms with E-state index in [1.54, 1.807) is 17.1 Å². The van der Waals surface area contributed by atoms with Crippen LogP contribution in [0.5, 0.6) is 5.75 Å². The molecule has 3 aliphatic rings. The Labute approximate surface area is 190 Å². The van der Waals surface area contributed by atoms with E-state index in [1.807, 2.05) is 7.05 Å². The molecular weight excluding hydrogens is 404 g/mol. The molecule has 2 aromatic rings. The van der Waals surface area contributed by atoms with Crippen molar-refractivity contribution in [3.05, 3.63) is 29.9 Å². The first-order valence-corrected chi connectivity index (χ1v) is 12.4. The average Bonchev–Trinajstić information content (AvgIpc) is 3.20. The third-order valence-corrected chi connectivity index (χ3v) is 8.05. The number of carbonyl (C=O) groups excluding carboxylic acids is 1. The highest BCUT2D eigenvalue weighted by molar-refractivity contribution is 5.80. The smallest absolute Gasteiger partial charge is 0.170 e. The largest absolute Gasteiger partial charge is 0.483 e. The Morgan fingerprint density at radius 2 is 2.09 bits per heavy atom. The number of Topliss-reactive ketones (excluding diaryl/α,β-unsaturated/α-hetero) is 1. The summed E-state index contributed by atoms with van der Waals surface area (Å²) in [4.78, 5) is 15.0. The van der Waals surface area contributed by atoms with Gasteiger partial charge in [0.25, 0.3) is 0 Å². The van der Waals surface area contributed by atoms with Crippen molar-refractivity contribution in [1.82, 2.24) is 19.8 Å². The molecule has 2 saturated carbocycles. The van der Waals surface area contributed by atoms with E-state index in [0.717, 1.165) is 30.6 Å². The van der Waals surface area contributed by atoms with Gasteiger partial charge in [-0.2, -0.15) is 5.10 Å². The van der Waals surface area contributed by atoms with Gasteiger partial charge >= 0.3 is 0 Å². The van der Waals surface area contributed by atoms with E-state index in [4.69, 9.17) is 9.26 Å². The van der Waals surface area contributed by atoms with Gasteiger partial charge in [-0.25, -0.2) is 0 Å². The maximum Gasteiger partial charge on any atom is 0.170 e. The van der Waals surface area contributed by atoms with Crippen LogP contribution in [0.2, 0.25) is 0 Å². The van der Waals surface area contributed by atoms with E-state index in [0.29, 0.717) is 18.1 Å². The Kier molecular flexibility index (Phi) is 6.10. The van der Waals surface area contributed by atoms with Gasteiger partial charge in [0.1, 0.15) is 12.4 Å². The van der Waals surface area contributed by atoms with Gasteiger partial charge in [0, 0.05) is 44.5 Å². The molecule has 2 aliphatic carbocycles. The highest BCUT2D eigenvalue weighted by Gasteiger charge is 2.62. The zero-order chi connectivity index (χ0) is 22.1. The lowest BCUT2D eigenvalue weighted by Gasteiger charge is -2.30. The topological polar surface area (TPSA) is 73.4 Å². The molecule has 1 aliphatic heterocycles. The first-order valence-electron chi connectivity index (χ1n) is 12.4. The van der Waals surface area contributed by atoms with E-state index in [1.165, 1.54) is 57.3 Å². The Morgan fingerprint density at radius 1 is 1.28 bits per heavy atom. The van der Waals surface area contributed by atoms with Gasteiger partial charge in [0.05, 0.1) is 18.1 Å². The normalized spacial score (nSPS) is 29.8. The number of hydrogen-bond donors (Lipinski definition) is 0. The summed E-state index contributed by atoms with van der Waals surface area (Å²) in [5.41, 5.74) is 1.48. The summed E-state index contributed by atoms with van der Waals surface area (Å²) in [7, 11) is 1.84. The summed E-state index contributed by atoms with van der Waals surface area (Å²) in [5.74, 6) is 3.99. The van der Waals surface area contributed by atoms with Crippen molar-refractivity contribution in [3.63, 3.8) is 0 Å². The molecule has 0 unspecified atom stereocenters. The van der Waals surface area contributed by atoms with Crippen molar-refractivity contribution in [3.8, 4) is 5.75 Å². The molecule has 32 heavy (non-hydrogen) atoms. The van der Waals surface area contributed by atoms with Gasteiger partial charge in [-0.1, -0.05) is 24.9 Å². The monoisotopic (exact) mass is 440 g/mol. The van der Waals surface area contributed by atoms with E-state index in [-0.39, 0.29) is 17.8 Å². The van der Waals surface area contributed by atoms with Crippen molar-refractivity contribution in [2.45, 2.75) is 63.7 Å². The molecule has 1 saturated heterocycles. The maximum absolute atomic E-state index is 12.3. The minimum atomic E-state index is 0.161. The second-order valence-corrected chi connectivity index (χ2v) is 10.4. The molecule has 0 spiro atoms. The summed E-state index contributed by atoms with van der Waals surface area (Å²) in [6.45, 7) is 5.84. The lowest BCUT2D eigenvalue weighted by molar-refractivity contribution is -0.122. The molecule has 0 bridgehead atoms. The summed E-state index contributed by atoms with van der Waals surface area (Å²) in [6.07, 6.45) is 12.4. The van der Waals surface area contributed by atoms with Crippen molar-refractivity contribution in [1.29, 1.82) is 0 Å². The number of nitrogens with zero attached hydrogens (tertiary/aromatic N) is 4. The highest BCUT2D eigenvalue weighted by Crippen LogP contribution is 2.58. The number of hydrogen-bond acceptors (Lipinski definition) is 6. The summed E-state index contributed by atoms with van der Waals surface area (Å²) in [6, 6.07) is 2.19. The van der Waals surface area contributed by atoms with Crippen molar-refractivity contribution < 1.29 is 14.1 Å². The second-order valence-electron chi connectivity index (χ2n) is 10.4. The number of aromatic nitrogens is 3. The quantitative estimate of drug-likeness (QED) is 0.560. The number of ether oxygens (including phenoxy) is 1.